The van der Waals surface area contributed by atoms with Gasteiger partial charge in [-0.05, 0) is 69.2 Å². The first kappa shape index (κ1) is 20.3. The van der Waals surface area contributed by atoms with Gasteiger partial charge in [0.1, 0.15) is 5.82 Å². The Morgan fingerprint density at radius 1 is 1.06 bits per heavy atom. The molecule has 2 aromatic carbocycles. The van der Waals surface area contributed by atoms with E-state index in [9.17, 15) is 4.39 Å². The lowest BCUT2D eigenvalue weighted by Crippen LogP contribution is -2.46. The number of benzene rings is 2. The molecular formula is C25H27FN4S. The van der Waals surface area contributed by atoms with Crippen molar-refractivity contribution in [1.29, 1.82) is 0 Å². The number of aromatic nitrogens is 2. The van der Waals surface area contributed by atoms with Gasteiger partial charge in [-0.3, -0.25) is 4.98 Å². The smallest absolute Gasteiger partial charge is 0.123 e. The van der Waals surface area contributed by atoms with Crippen molar-refractivity contribution in [3.05, 3.63) is 65.6 Å². The van der Waals surface area contributed by atoms with E-state index in [1.54, 1.807) is 23.5 Å². The Labute approximate surface area is 186 Å². The van der Waals surface area contributed by atoms with Gasteiger partial charge in [0, 0.05) is 36.2 Å². The molecule has 0 saturated carbocycles. The Hall–Kier alpha value is -2.57. The van der Waals surface area contributed by atoms with E-state index in [2.05, 4.69) is 46.8 Å². The normalized spacial score (nSPS) is 15.9. The number of hydrogen-bond donors (Lipinski definition) is 0. The summed E-state index contributed by atoms with van der Waals surface area (Å²) in [6, 6.07) is 16.4. The number of rotatable bonds is 5. The highest BCUT2D eigenvalue weighted by atomic mass is 32.1. The van der Waals surface area contributed by atoms with Crippen LogP contribution in [0.3, 0.4) is 0 Å². The fourth-order valence-corrected chi connectivity index (χ4v) is 5.28. The second-order valence-electron chi connectivity index (χ2n) is 8.63. The van der Waals surface area contributed by atoms with Gasteiger partial charge < -0.3 is 9.80 Å². The zero-order valence-electron chi connectivity index (χ0n) is 18.0. The number of halogens is 1. The van der Waals surface area contributed by atoms with E-state index in [4.69, 9.17) is 4.98 Å². The van der Waals surface area contributed by atoms with Crippen LogP contribution >= 0.6 is 11.3 Å². The van der Waals surface area contributed by atoms with Gasteiger partial charge in [-0.2, -0.15) is 0 Å². The molecule has 1 saturated heterocycles. The second kappa shape index (κ2) is 8.52. The third kappa shape index (κ3) is 4.27. The first-order chi connectivity index (χ1) is 15.1. The molecule has 0 N–H and O–H groups in total. The summed E-state index contributed by atoms with van der Waals surface area (Å²) in [6.07, 6.45) is 2.27. The van der Waals surface area contributed by atoms with Gasteiger partial charge in [-0.1, -0.05) is 6.07 Å². The molecule has 31 heavy (non-hydrogen) atoms. The van der Waals surface area contributed by atoms with Crippen molar-refractivity contribution in [2.45, 2.75) is 45.3 Å². The average molecular weight is 435 g/mol. The van der Waals surface area contributed by atoms with E-state index >= 15 is 0 Å². The summed E-state index contributed by atoms with van der Waals surface area (Å²) < 4.78 is 14.8. The van der Waals surface area contributed by atoms with Crippen molar-refractivity contribution in [3.63, 3.8) is 0 Å². The minimum Gasteiger partial charge on any atom is -0.363 e. The van der Waals surface area contributed by atoms with Gasteiger partial charge >= 0.3 is 0 Å². The van der Waals surface area contributed by atoms with Crippen molar-refractivity contribution in [1.82, 2.24) is 14.9 Å². The van der Waals surface area contributed by atoms with Crippen molar-refractivity contribution in [2.24, 2.45) is 0 Å². The number of pyridine rings is 1. The fraction of sp³-hybridized carbons (Fsp3) is 0.360. The van der Waals surface area contributed by atoms with E-state index < -0.39 is 0 Å². The second-order valence-corrected chi connectivity index (χ2v) is 9.52. The molecule has 1 aliphatic rings. The largest absolute Gasteiger partial charge is 0.363 e. The number of anilines is 1. The summed E-state index contributed by atoms with van der Waals surface area (Å²) >= 11 is 1.68. The van der Waals surface area contributed by atoms with Crippen molar-refractivity contribution < 1.29 is 4.39 Å². The molecule has 0 radical (unpaired) electrons. The number of piperidine rings is 1. The quantitative estimate of drug-likeness (QED) is 0.394. The lowest BCUT2D eigenvalue weighted by molar-refractivity contribution is 0.169. The van der Waals surface area contributed by atoms with Gasteiger partial charge in [0.15, 0.2) is 0 Å². The fourth-order valence-electron chi connectivity index (χ4n) is 4.57. The maximum absolute atomic E-state index is 13.6. The number of fused-ring (bicyclic) bond motifs is 2. The maximum atomic E-state index is 13.6. The summed E-state index contributed by atoms with van der Waals surface area (Å²) in [4.78, 5) is 14.3. The monoisotopic (exact) mass is 434 g/mol. The molecule has 4 nitrogen and oxygen atoms in total. The highest BCUT2D eigenvalue weighted by Crippen LogP contribution is 2.30. The molecule has 0 amide bonds. The van der Waals surface area contributed by atoms with E-state index in [0.717, 1.165) is 54.6 Å². The minimum absolute atomic E-state index is 0.224. The van der Waals surface area contributed by atoms with Crippen LogP contribution in [0, 0.1) is 5.82 Å². The molecule has 2 aromatic heterocycles. The summed E-state index contributed by atoms with van der Waals surface area (Å²) in [5.41, 5.74) is 6.03. The lowest BCUT2D eigenvalue weighted by atomic mass is 10.0. The summed E-state index contributed by atoms with van der Waals surface area (Å²) in [6.45, 7) is 7.53. The van der Waals surface area contributed by atoms with Gasteiger partial charge in [0.2, 0.25) is 0 Å². The molecule has 0 unspecified atom stereocenters. The van der Waals surface area contributed by atoms with E-state index in [1.807, 2.05) is 17.6 Å². The highest BCUT2D eigenvalue weighted by molar-refractivity contribution is 7.16. The van der Waals surface area contributed by atoms with Crippen LogP contribution in [-0.2, 0) is 6.54 Å². The van der Waals surface area contributed by atoms with Gasteiger partial charge in [-0.15, -0.1) is 11.3 Å². The Balaban J connectivity index is 1.46. The molecule has 0 spiro atoms. The van der Waals surface area contributed by atoms with Crippen LogP contribution in [0.2, 0.25) is 0 Å². The molecule has 3 heterocycles. The molecule has 0 aliphatic carbocycles. The molecule has 1 fully saturated rings. The van der Waals surface area contributed by atoms with Gasteiger partial charge in [-0.25, -0.2) is 9.37 Å². The SMILES string of the molecule is CC(C)N1CCC(N(Cc2ccc3cc(F)ccc3n2)c2ccc3ncsc3c2)CC1. The van der Waals surface area contributed by atoms with E-state index in [-0.39, 0.29) is 5.82 Å². The molecule has 160 valence electrons. The molecule has 0 atom stereocenters. The predicted molar refractivity (Wildman–Crippen MR) is 127 cm³/mol. The van der Waals surface area contributed by atoms with E-state index in [0.29, 0.717) is 12.1 Å². The maximum Gasteiger partial charge on any atom is 0.123 e. The molecule has 0 bridgehead atoms. The van der Waals surface area contributed by atoms with Crippen LogP contribution in [0.1, 0.15) is 32.4 Å². The zero-order chi connectivity index (χ0) is 21.4. The molecule has 1 aliphatic heterocycles. The summed E-state index contributed by atoms with van der Waals surface area (Å²) in [5, 5.41) is 0.839. The summed E-state index contributed by atoms with van der Waals surface area (Å²) in [5.74, 6) is -0.224. The highest BCUT2D eigenvalue weighted by Gasteiger charge is 2.26. The van der Waals surface area contributed by atoms with Crippen LogP contribution < -0.4 is 4.90 Å². The number of thiazole rings is 1. The Bertz CT molecular complexity index is 1200. The lowest BCUT2D eigenvalue weighted by Gasteiger charge is -2.41. The first-order valence-corrected chi connectivity index (χ1v) is 11.8. The third-order valence-corrected chi connectivity index (χ3v) is 7.15. The first-order valence-electron chi connectivity index (χ1n) is 11.0. The van der Waals surface area contributed by atoms with Crippen molar-refractivity contribution >= 4 is 38.1 Å². The van der Waals surface area contributed by atoms with Crippen molar-refractivity contribution in [2.75, 3.05) is 18.0 Å². The Kier molecular flexibility index (Phi) is 5.59. The number of likely N-dealkylation sites (tertiary alicyclic amines) is 1. The minimum atomic E-state index is -0.224. The topological polar surface area (TPSA) is 32.3 Å². The molecular weight excluding hydrogens is 407 g/mol. The Morgan fingerprint density at radius 2 is 1.87 bits per heavy atom. The third-order valence-electron chi connectivity index (χ3n) is 6.36. The molecule has 6 heteroatoms. The predicted octanol–water partition coefficient (Wildman–Crippen LogP) is 5.86. The standard InChI is InChI=1S/C25H27FN4S/c1-17(2)29-11-9-21(10-12-29)30(22-6-8-24-25(14-22)31-16-27-24)15-20-5-3-18-13-19(26)4-7-23(18)28-20/h3-8,13-14,16-17,21H,9-12,15H2,1-2H3. The average Bonchev–Trinajstić information content (AvgIpc) is 3.25. The van der Waals surface area contributed by atoms with Crippen LogP contribution in [0.4, 0.5) is 10.1 Å². The number of hydrogen-bond acceptors (Lipinski definition) is 5. The van der Waals surface area contributed by atoms with Crippen molar-refractivity contribution in [3.8, 4) is 0 Å². The van der Waals surface area contributed by atoms with Crippen LogP contribution in [0.15, 0.2) is 54.0 Å². The van der Waals surface area contributed by atoms with Crippen LogP contribution in [0.25, 0.3) is 21.1 Å². The van der Waals surface area contributed by atoms with Gasteiger partial charge in [0.05, 0.1) is 33.5 Å². The number of nitrogens with zero attached hydrogens (tertiary/aromatic N) is 4. The van der Waals surface area contributed by atoms with Crippen LogP contribution in [-0.4, -0.2) is 40.0 Å². The van der Waals surface area contributed by atoms with Crippen LogP contribution in [0.5, 0.6) is 0 Å². The molecule has 4 aromatic rings. The van der Waals surface area contributed by atoms with Gasteiger partial charge in [0.25, 0.3) is 0 Å². The Morgan fingerprint density at radius 3 is 2.68 bits per heavy atom. The molecule has 5 rings (SSSR count). The van der Waals surface area contributed by atoms with E-state index in [1.165, 1.54) is 16.5 Å². The zero-order valence-corrected chi connectivity index (χ0v) is 18.8. The summed E-state index contributed by atoms with van der Waals surface area (Å²) in [7, 11) is 0.